The van der Waals surface area contributed by atoms with E-state index in [1.807, 2.05) is 0 Å². The third-order valence-electron chi connectivity index (χ3n) is 4.55. The molecule has 5 heteroatoms. The molecule has 0 spiro atoms. The van der Waals surface area contributed by atoms with Crippen molar-refractivity contribution in [3.63, 3.8) is 0 Å². The molecule has 5 nitrogen and oxygen atoms in total. The Kier molecular flexibility index (Phi) is 3.50. The molecule has 2 aliphatic carbocycles. The fraction of sp³-hybridized carbons (Fsp3) is 0.846. The molecule has 0 heterocycles. The predicted molar refractivity (Wildman–Crippen MR) is 67.4 cm³/mol. The molecule has 0 aromatic carbocycles. The topological polar surface area (TPSA) is 78.4 Å². The maximum absolute atomic E-state index is 12.0. The second kappa shape index (κ2) is 4.78. The summed E-state index contributed by atoms with van der Waals surface area (Å²) in [6, 6.07) is -0.197. The third-order valence-corrected chi connectivity index (χ3v) is 4.55. The highest BCUT2D eigenvalue weighted by molar-refractivity contribution is 5.77. The average molecular weight is 254 g/mol. The van der Waals surface area contributed by atoms with E-state index in [2.05, 4.69) is 17.6 Å². The Morgan fingerprint density at radius 2 is 1.56 bits per heavy atom. The van der Waals surface area contributed by atoms with E-state index in [4.69, 9.17) is 5.11 Å². The summed E-state index contributed by atoms with van der Waals surface area (Å²) in [7, 11) is 0. The SMILES string of the molecule is CCC1(NC(=O)NC2(CC(=O)O)CCC2)CCC1. The van der Waals surface area contributed by atoms with Crippen LogP contribution in [-0.4, -0.2) is 28.2 Å². The highest BCUT2D eigenvalue weighted by atomic mass is 16.4. The Labute approximate surface area is 107 Å². The van der Waals surface area contributed by atoms with Crippen LogP contribution in [0.3, 0.4) is 0 Å². The molecule has 0 aromatic rings. The number of hydrogen-bond acceptors (Lipinski definition) is 2. The van der Waals surface area contributed by atoms with Crippen molar-refractivity contribution in [1.29, 1.82) is 0 Å². The van der Waals surface area contributed by atoms with Gasteiger partial charge in [0.25, 0.3) is 0 Å². The monoisotopic (exact) mass is 254 g/mol. The van der Waals surface area contributed by atoms with Gasteiger partial charge < -0.3 is 15.7 Å². The molecule has 0 unspecified atom stereocenters. The molecular weight excluding hydrogens is 232 g/mol. The largest absolute Gasteiger partial charge is 0.481 e. The molecule has 2 saturated carbocycles. The van der Waals surface area contributed by atoms with Crippen LogP contribution >= 0.6 is 0 Å². The van der Waals surface area contributed by atoms with E-state index in [0.717, 1.165) is 44.9 Å². The van der Waals surface area contributed by atoms with Crippen molar-refractivity contribution in [1.82, 2.24) is 10.6 Å². The van der Waals surface area contributed by atoms with Gasteiger partial charge in [-0.05, 0) is 44.9 Å². The van der Waals surface area contributed by atoms with Gasteiger partial charge in [0.15, 0.2) is 0 Å². The van der Waals surface area contributed by atoms with Crippen molar-refractivity contribution < 1.29 is 14.7 Å². The number of carbonyl (C=O) groups excluding carboxylic acids is 1. The lowest BCUT2D eigenvalue weighted by atomic mass is 9.73. The number of hydrogen-bond donors (Lipinski definition) is 3. The summed E-state index contributed by atoms with van der Waals surface area (Å²) in [5, 5.41) is 14.8. The minimum atomic E-state index is -0.844. The number of urea groups is 1. The average Bonchev–Trinajstić information content (AvgIpc) is 2.19. The second-order valence-electron chi connectivity index (χ2n) is 5.77. The van der Waals surface area contributed by atoms with E-state index in [-0.39, 0.29) is 18.0 Å². The van der Waals surface area contributed by atoms with Crippen molar-refractivity contribution in [2.45, 2.75) is 69.4 Å². The molecule has 102 valence electrons. The van der Waals surface area contributed by atoms with Crippen molar-refractivity contribution in [2.75, 3.05) is 0 Å². The van der Waals surface area contributed by atoms with Crippen molar-refractivity contribution in [3.8, 4) is 0 Å². The Hall–Kier alpha value is -1.26. The number of rotatable bonds is 5. The first-order chi connectivity index (χ1) is 8.49. The fourth-order valence-electron chi connectivity index (χ4n) is 2.92. The first-order valence-corrected chi connectivity index (χ1v) is 6.81. The fourth-order valence-corrected chi connectivity index (χ4v) is 2.92. The summed E-state index contributed by atoms with van der Waals surface area (Å²) in [6.07, 6.45) is 6.72. The van der Waals surface area contributed by atoms with Crippen molar-refractivity contribution in [2.24, 2.45) is 0 Å². The number of aliphatic carboxylic acids is 1. The van der Waals surface area contributed by atoms with Crippen LogP contribution in [0.15, 0.2) is 0 Å². The van der Waals surface area contributed by atoms with Gasteiger partial charge in [0, 0.05) is 5.54 Å². The molecule has 2 fully saturated rings. The van der Waals surface area contributed by atoms with Gasteiger partial charge in [0.05, 0.1) is 12.0 Å². The molecule has 2 amide bonds. The van der Waals surface area contributed by atoms with E-state index in [9.17, 15) is 9.59 Å². The summed E-state index contributed by atoms with van der Waals surface area (Å²) in [5.41, 5.74) is -0.549. The van der Waals surface area contributed by atoms with E-state index in [1.54, 1.807) is 0 Å². The lowest BCUT2D eigenvalue weighted by Crippen LogP contribution is -2.62. The molecule has 3 N–H and O–H groups in total. The zero-order valence-electron chi connectivity index (χ0n) is 10.9. The van der Waals surface area contributed by atoms with Crippen LogP contribution in [0, 0.1) is 0 Å². The highest BCUT2D eigenvalue weighted by Gasteiger charge is 2.42. The molecule has 18 heavy (non-hydrogen) atoms. The Morgan fingerprint density at radius 3 is 1.89 bits per heavy atom. The number of carboxylic acid groups (broad SMARTS) is 1. The molecule has 0 atom stereocenters. The van der Waals surface area contributed by atoms with Crippen LogP contribution in [0.2, 0.25) is 0 Å². The van der Waals surface area contributed by atoms with Crippen LogP contribution in [0.4, 0.5) is 4.79 Å². The van der Waals surface area contributed by atoms with Crippen LogP contribution in [-0.2, 0) is 4.79 Å². The Morgan fingerprint density at radius 1 is 1.06 bits per heavy atom. The minimum absolute atomic E-state index is 0.0273. The van der Waals surface area contributed by atoms with Gasteiger partial charge in [-0.1, -0.05) is 6.92 Å². The highest BCUT2D eigenvalue weighted by Crippen LogP contribution is 2.36. The van der Waals surface area contributed by atoms with Gasteiger partial charge in [-0.25, -0.2) is 4.79 Å². The Bertz CT molecular complexity index is 341. The maximum atomic E-state index is 12.0. The van der Waals surface area contributed by atoms with Crippen molar-refractivity contribution >= 4 is 12.0 Å². The van der Waals surface area contributed by atoms with Crippen LogP contribution in [0.5, 0.6) is 0 Å². The van der Waals surface area contributed by atoms with Crippen LogP contribution in [0.25, 0.3) is 0 Å². The van der Waals surface area contributed by atoms with Gasteiger partial charge in [0.2, 0.25) is 0 Å². The van der Waals surface area contributed by atoms with Gasteiger partial charge >= 0.3 is 12.0 Å². The van der Waals surface area contributed by atoms with E-state index in [1.165, 1.54) is 0 Å². The predicted octanol–water partition coefficient (Wildman–Crippen LogP) is 2.02. The van der Waals surface area contributed by atoms with E-state index >= 15 is 0 Å². The van der Waals surface area contributed by atoms with Crippen LogP contribution in [0.1, 0.15) is 58.3 Å². The number of nitrogens with one attached hydrogen (secondary N) is 2. The van der Waals surface area contributed by atoms with Gasteiger partial charge in [-0.15, -0.1) is 0 Å². The summed E-state index contributed by atoms with van der Waals surface area (Å²) >= 11 is 0. The lowest BCUT2D eigenvalue weighted by Gasteiger charge is -2.45. The van der Waals surface area contributed by atoms with Crippen molar-refractivity contribution in [3.05, 3.63) is 0 Å². The zero-order valence-corrected chi connectivity index (χ0v) is 10.9. The van der Waals surface area contributed by atoms with Gasteiger partial charge in [-0.3, -0.25) is 4.79 Å². The second-order valence-corrected chi connectivity index (χ2v) is 5.77. The standard InChI is InChI=1S/C13H22N2O3/c1-2-12(5-3-6-12)14-11(18)15-13(7-4-8-13)9-10(16)17/h2-9H2,1H3,(H,16,17)(H2,14,15,18). The first-order valence-electron chi connectivity index (χ1n) is 6.81. The summed E-state index contributed by atoms with van der Waals surface area (Å²) in [5.74, 6) is -0.844. The molecule has 0 saturated heterocycles. The zero-order chi connectivity index (χ0) is 13.2. The lowest BCUT2D eigenvalue weighted by molar-refractivity contribution is -0.139. The van der Waals surface area contributed by atoms with E-state index in [0.29, 0.717) is 0 Å². The van der Waals surface area contributed by atoms with Crippen LogP contribution < -0.4 is 10.6 Å². The maximum Gasteiger partial charge on any atom is 0.315 e. The van der Waals surface area contributed by atoms with Gasteiger partial charge in [-0.2, -0.15) is 0 Å². The Balaban J connectivity index is 1.88. The molecule has 0 radical (unpaired) electrons. The molecule has 0 aromatic heterocycles. The molecule has 2 aliphatic rings. The first kappa shape index (κ1) is 13.2. The number of amides is 2. The van der Waals surface area contributed by atoms with Gasteiger partial charge in [0.1, 0.15) is 0 Å². The molecule has 2 rings (SSSR count). The summed E-state index contributed by atoms with van der Waals surface area (Å²) in [6.45, 7) is 2.08. The smallest absolute Gasteiger partial charge is 0.315 e. The van der Waals surface area contributed by atoms with E-state index < -0.39 is 11.5 Å². The summed E-state index contributed by atoms with van der Waals surface area (Å²) in [4.78, 5) is 22.8. The molecular formula is C13H22N2O3. The third kappa shape index (κ3) is 2.60. The summed E-state index contributed by atoms with van der Waals surface area (Å²) < 4.78 is 0. The normalized spacial score (nSPS) is 23.4. The minimum Gasteiger partial charge on any atom is -0.481 e. The number of carboxylic acids is 1. The number of carbonyl (C=O) groups is 2. The molecule has 0 aliphatic heterocycles. The quantitative estimate of drug-likeness (QED) is 0.702. The molecule has 0 bridgehead atoms.